The van der Waals surface area contributed by atoms with Crippen LogP contribution in [0.3, 0.4) is 0 Å². The van der Waals surface area contributed by atoms with Crippen LogP contribution in [0.25, 0.3) is 21.3 Å². The first-order valence-electron chi connectivity index (χ1n) is 9.59. The maximum absolute atomic E-state index is 13.0. The molecule has 0 aliphatic heterocycles. The van der Waals surface area contributed by atoms with E-state index in [1.165, 1.54) is 11.3 Å². The van der Waals surface area contributed by atoms with Crippen LogP contribution in [-0.2, 0) is 6.54 Å². The van der Waals surface area contributed by atoms with E-state index in [4.69, 9.17) is 0 Å². The number of rotatable bonds is 5. The van der Waals surface area contributed by atoms with Crippen LogP contribution in [0.1, 0.15) is 15.9 Å². The number of para-hydroxylation sites is 1. The van der Waals surface area contributed by atoms with E-state index in [1.54, 1.807) is 6.20 Å². The van der Waals surface area contributed by atoms with E-state index in [0.717, 1.165) is 26.9 Å². The monoisotopic (exact) mass is 410 g/mol. The Kier molecular flexibility index (Phi) is 4.83. The molecule has 0 fully saturated rings. The Morgan fingerprint density at radius 1 is 0.933 bits per heavy atom. The molecule has 0 radical (unpaired) electrons. The van der Waals surface area contributed by atoms with Gasteiger partial charge in [0.25, 0.3) is 5.91 Å². The van der Waals surface area contributed by atoms with Crippen LogP contribution < -0.4 is 5.32 Å². The molecule has 0 atom stereocenters. The van der Waals surface area contributed by atoms with Crippen molar-refractivity contribution in [2.45, 2.75) is 6.54 Å². The zero-order valence-corrected chi connectivity index (χ0v) is 16.8. The average Bonchev–Trinajstić information content (AvgIpc) is 3.43. The van der Waals surface area contributed by atoms with Gasteiger partial charge in [0.05, 0.1) is 16.8 Å². The van der Waals surface area contributed by atoms with Gasteiger partial charge in [-0.2, -0.15) is 5.10 Å². The van der Waals surface area contributed by atoms with Crippen molar-refractivity contribution in [1.82, 2.24) is 14.8 Å². The van der Waals surface area contributed by atoms with Gasteiger partial charge in [0.15, 0.2) is 5.13 Å². The third-order valence-electron chi connectivity index (χ3n) is 4.85. The molecule has 0 unspecified atom stereocenters. The van der Waals surface area contributed by atoms with Gasteiger partial charge in [0.2, 0.25) is 0 Å². The van der Waals surface area contributed by atoms with E-state index in [2.05, 4.69) is 27.5 Å². The second-order valence-electron chi connectivity index (χ2n) is 6.89. The highest BCUT2D eigenvalue weighted by Crippen LogP contribution is 2.28. The molecule has 146 valence electrons. The lowest BCUT2D eigenvalue weighted by Crippen LogP contribution is -2.12. The summed E-state index contributed by atoms with van der Waals surface area (Å²) in [6.07, 6.45) is 3.71. The number of hydrogen-bond acceptors (Lipinski definition) is 4. The number of hydrogen-bond donors (Lipinski definition) is 1. The number of fused-ring (bicyclic) bond motifs is 1. The summed E-state index contributed by atoms with van der Waals surface area (Å²) < 4.78 is 2.93. The summed E-state index contributed by atoms with van der Waals surface area (Å²) >= 11 is 1.47. The van der Waals surface area contributed by atoms with Crippen molar-refractivity contribution in [2.75, 3.05) is 5.32 Å². The zero-order chi connectivity index (χ0) is 20.3. The Bertz CT molecular complexity index is 1270. The first-order chi connectivity index (χ1) is 14.8. The van der Waals surface area contributed by atoms with Gasteiger partial charge in [-0.3, -0.25) is 14.8 Å². The van der Waals surface area contributed by atoms with E-state index in [-0.39, 0.29) is 5.91 Å². The number of thiazole rings is 1. The first kappa shape index (κ1) is 18.3. The zero-order valence-electron chi connectivity index (χ0n) is 16.0. The lowest BCUT2D eigenvalue weighted by Gasteiger charge is -2.10. The SMILES string of the molecule is O=C(Nc1nc2ccccc2s1)c1ccccc1-c1ccc(Cn2cccn2)cc1. The number of anilines is 1. The highest BCUT2D eigenvalue weighted by atomic mass is 32.1. The summed E-state index contributed by atoms with van der Waals surface area (Å²) in [5, 5.41) is 7.80. The molecule has 0 aliphatic rings. The Balaban J connectivity index is 1.40. The molecule has 0 spiro atoms. The van der Waals surface area contributed by atoms with Crippen molar-refractivity contribution in [3.8, 4) is 11.1 Å². The molecule has 0 saturated carbocycles. The molecule has 5 aromatic rings. The molecule has 0 aliphatic carbocycles. The van der Waals surface area contributed by atoms with Crippen molar-refractivity contribution < 1.29 is 4.79 Å². The lowest BCUT2D eigenvalue weighted by molar-refractivity contribution is 0.102. The Labute approximate surface area is 177 Å². The molecular weight excluding hydrogens is 392 g/mol. The van der Waals surface area contributed by atoms with Crippen LogP contribution in [0.15, 0.2) is 91.3 Å². The van der Waals surface area contributed by atoms with Crippen molar-refractivity contribution in [3.05, 3.63) is 102 Å². The maximum atomic E-state index is 13.0. The summed E-state index contributed by atoms with van der Waals surface area (Å²) in [7, 11) is 0. The van der Waals surface area contributed by atoms with Crippen LogP contribution in [0.2, 0.25) is 0 Å². The van der Waals surface area contributed by atoms with Gasteiger partial charge >= 0.3 is 0 Å². The number of benzene rings is 3. The number of aromatic nitrogens is 3. The summed E-state index contributed by atoms with van der Waals surface area (Å²) in [6.45, 7) is 0.715. The van der Waals surface area contributed by atoms with Gasteiger partial charge in [-0.1, -0.05) is 65.9 Å². The van der Waals surface area contributed by atoms with Crippen molar-refractivity contribution in [3.63, 3.8) is 0 Å². The van der Waals surface area contributed by atoms with Crippen LogP contribution in [-0.4, -0.2) is 20.7 Å². The van der Waals surface area contributed by atoms with Crippen LogP contribution in [0.5, 0.6) is 0 Å². The summed E-state index contributed by atoms with van der Waals surface area (Å²) in [4.78, 5) is 17.5. The second-order valence-corrected chi connectivity index (χ2v) is 7.92. The topological polar surface area (TPSA) is 59.8 Å². The Morgan fingerprint density at radius 2 is 1.73 bits per heavy atom. The van der Waals surface area contributed by atoms with E-state index in [9.17, 15) is 4.79 Å². The molecule has 0 saturated heterocycles. The van der Waals surface area contributed by atoms with E-state index in [0.29, 0.717) is 17.2 Å². The number of carbonyl (C=O) groups is 1. The third kappa shape index (κ3) is 3.73. The van der Waals surface area contributed by atoms with E-state index >= 15 is 0 Å². The smallest absolute Gasteiger partial charge is 0.258 e. The maximum Gasteiger partial charge on any atom is 0.258 e. The molecule has 2 heterocycles. The van der Waals surface area contributed by atoms with Crippen molar-refractivity contribution >= 4 is 32.6 Å². The molecule has 2 aromatic heterocycles. The molecule has 30 heavy (non-hydrogen) atoms. The molecule has 1 amide bonds. The molecule has 6 heteroatoms. The fraction of sp³-hybridized carbons (Fsp3) is 0.0417. The molecule has 3 aromatic carbocycles. The van der Waals surface area contributed by atoms with Crippen LogP contribution in [0, 0.1) is 0 Å². The van der Waals surface area contributed by atoms with Gasteiger partial charge in [-0.25, -0.2) is 4.98 Å². The second kappa shape index (κ2) is 7.93. The van der Waals surface area contributed by atoms with Gasteiger partial charge in [0, 0.05) is 18.0 Å². The standard InChI is InChI=1S/C24H18N4OS/c29-23(27-24-26-21-8-3-4-9-22(21)30-24)20-7-2-1-6-19(20)18-12-10-17(11-13-18)16-28-15-5-14-25-28/h1-15H,16H2,(H,26,27,29). The predicted octanol–water partition coefficient (Wildman–Crippen LogP) is 5.46. The van der Waals surface area contributed by atoms with Crippen molar-refractivity contribution in [2.24, 2.45) is 0 Å². The normalized spacial score (nSPS) is 10.9. The fourth-order valence-corrected chi connectivity index (χ4v) is 4.25. The number of carbonyl (C=O) groups excluding carboxylic acids is 1. The Hall–Kier alpha value is -3.77. The minimum absolute atomic E-state index is 0.162. The summed E-state index contributed by atoms with van der Waals surface area (Å²) in [5.41, 5.74) is 4.55. The fourth-order valence-electron chi connectivity index (χ4n) is 3.39. The Morgan fingerprint density at radius 3 is 2.53 bits per heavy atom. The third-order valence-corrected chi connectivity index (χ3v) is 5.81. The quantitative estimate of drug-likeness (QED) is 0.418. The largest absolute Gasteiger partial charge is 0.298 e. The van der Waals surface area contributed by atoms with Crippen LogP contribution in [0.4, 0.5) is 5.13 Å². The van der Waals surface area contributed by atoms with Gasteiger partial charge in [-0.05, 0) is 41.0 Å². The minimum atomic E-state index is -0.162. The van der Waals surface area contributed by atoms with Crippen molar-refractivity contribution in [1.29, 1.82) is 0 Å². The van der Waals surface area contributed by atoms with E-state index in [1.807, 2.05) is 77.6 Å². The van der Waals surface area contributed by atoms with Crippen LogP contribution >= 0.6 is 11.3 Å². The molecule has 0 bridgehead atoms. The molecule has 5 rings (SSSR count). The minimum Gasteiger partial charge on any atom is -0.298 e. The van der Waals surface area contributed by atoms with E-state index < -0.39 is 0 Å². The number of nitrogens with one attached hydrogen (secondary N) is 1. The van der Waals surface area contributed by atoms with Gasteiger partial charge < -0.3 is 0 Å². The average molecular weight is 411 g/mol. The number of nitrogens with zero attached hydrogens (tertiary/aromatic N) is 3. The highest BCUT2D eigenvalue weighted by Gasteiger charge is 2.14. The predicted molar refractivity (Wildman–Crippen MR) is 121 cm³/mol. The number of amides is 1. The highest BCUT2D eigenvalue weighted by molar-refractivity contribution is 7.22. The van der Waals surface area contributed by atoms with Gasteiger partial charge in [-0.15, -0.1) is 0 Å². The molecule has 1 N–H and O–H groups in total. The molecule has 5 nitrogen and oxygen atoms in total. The first-order valence-corrected chi connectivity index (χ1v) is 10.4. The summed E-state index contributed by atoms with van der Waals surface area (Å²) in [6, 6.07) is 25.6. The lowest BCUT2D eigenvalue weighted by atomic mass is 9.98. The molecular formula is C24H18N4OS. The van der Waals surface area contributed by atoms with Gasteiger partial charge in [0.1, 0.15) is 0 Å². The summed E-state index contributed by atoms with van der Waals surface area (Å²) in [5.74, 6) is -0.162.